The van der Waals surface area contributed by atoms with E-state index in [0.29, 0.717) is 0 Å². The Morgan fingerprint density at radius 1 is 0.571 bits per heavy atom. The van der Waals surface area contributed by atoms with Gasteiger partial charge in [0.15, 0.2) is 23.1 Å². The molecule has 0 bridgehead atoms. The molecule has 0 spiro atoms. The highest BCUT2D eigenvalue weighted by molar-refractivity contribution is 6.10. The van der Waals surface area contributed by atoms with Gasteiger partial charge in [0.1, 0.15) is 11.5 Å². The Labute approximate surface area is 161 Å². The molecule has 0 atom stereocenters. The molecule has 144 valence electrons. The van der Waals surface area contributed by atoms with E-state index in [1.165, 1.54) is 64.1 Å². The van der Waals surface area contributed by atoms with Crippen LogP contribution in [0.1, 0.15) is 69.1 Å². The zero-order chi connectivity index (χ0) is 21.0. The van der Waals surface area contributed by atoms with E-state index in [1.807, 2.05) is 0 Å². The largest absolute Gasteiger partial charge is 0.519 e. The van der Waals surface area contributed by atoms with E-state index in [9.17, 15) is 24.0 Å². The molecule has 0 unspecified atom stereocenters. The van der Waals surface area contributed by atoms with Crippen LogP contribution in [0.5, 0.6) is 11.5 Å². The first-order chi connectivity index (χ1) is 13.1. The summed E-state index contributed by atoms with van der Waals surface area (Å²) in [6.07, 6.45) is -1.22. The first kappa shape index (κ1) is 20.7. The molecule has 2 aromatic carbocycles. The fraction of sp³-hybridized carbons (Fsp3) is 0.190. The first-order valence-electron chi connectivity index (χ1n) is 8.33. The second kappa shape index (κ2) is 8.39. The van der Waals surface area contributed by atoms with E-state index >= 15 is 0 Å². The summed E-state index contributed by atoms with van der Waals surface area (Å²) in [5.41, 5.74) is 0.133. The van der Waals surface area contributed by atoms with Gasteiger partial charge in [-0.1, -0.05) is 24.3 Å². The SMILES string of the molecule is CC(=O)c1cccc(OC(=O)Oc2cccc(C(C)=O)c2C(C)=O)c1C(C)=O. The minimum atomic E-state index is -1.22. The van der Waals surface area contributed by atoms with Crippen LogP contribution >= 0.6 is 0 Å². The molecule has 7 heteroatoms. The minimum Gasteiger partial charge on any atom is -0.394 e. The predicted molar refractivity (Wildman–Crippen MR) is 99.6 cm³/mol. The number of Topliss-reactive ketones (excluding diaryl/α,β-unsaturated/α-hetero) is 4. The Hall–Kier alpha value is -3.61. The van der Waals surface area contributed by atoms with Crippen molar-refractivity contribution in [2.75, 3.05) is 0 Å². The van der Waals surface area contributed by atoms with Crippen molar-refractivity contribution in [2.24, 2.45) is 0 Å². The third kappa shape index (κ3) is 4.37. The fourth-order valence-electron chi connectivity index (χ4n) is 2.75. The van der Waals surface area contributed by atoms with Crippen LogP contribution < -0.4 is 9.47 Å². The van der Waals surface area contributed by atoms with Gasteiger partial charge in [-0.05, 0) is 39.8 Å². The molecule has 7 nitrogen and oxygen atoms in total. The third-order valence-electron chi connectivity index (χ3n) is 3.90. The van der Waals surface area contributed by atoms with Crippen molar-refractivity contribution in [3.05, 3.63) is 58.7 Å². The van der Waals surface area contributed by atoms with E-state index in [4.69, 9.17) is 9.47 Å². The van der Waals surface area contributed by atoms with Gasteiger partial charge in [-0.25, -0.2) is 4.79 Å². The molecular weight excluding hydrogens is 364 g/mol. The Balaban J connectivity index is 2.39. The lowest BCUT2D eigenvalue weighted by molar-refractivity contribution is 0.0973. The maximum Gasteiger partial charge on any atom is 0.519 e. The van der Waals surface area contributed by atoms with Gasteiger partial charge in [0, 0.05) is 11.1 Å². The minimum absolute atomic E-state index is 0.0452. The molecule has 0 fully saturated rings. The zero-order valence-electron chi connectivity index (χ0n) is 15.8. The van der Waals surface area contributed by atoms with Crippen LogP contribution in [0.3, 0.4) is 0 Å². The topological polar surface area (TPSA) is 104 Å². The standard InChI is InChI=1S/C21H18O7/c1-11(22)15-7-5-9-17(19(15)13(3)24)27-21(26)28-18-10-6-8-16(12(2)23)20(18)14(4)25/h5-10H,1-4H3. The monoisotopic (exact) mass is 382 g/mol. The lowest BCUT2D eigenvalue weighted by Gasteiger charge is -2.13. The van der Waals surface area contributed by atoms with Gasteiger partial charge in [-0.3, -0.25) is 19.2 Å². The predicted octanol–water partition coefficient (Wildman–Crippen LogP) is 4.07. The summed E-state index contributed by atoms with van der Waals surface area (Å²) >= 11 is 0. The van der Waals surface area contributed by atoms with Crippen LogP contribution in [-0.2, 0) is 0 Å². The Kier molecular flexibility index (Phi) is 6.20. The zero-order valence-corrected chi connectivity index (χ0v) is 15.8. The lowest BCUT2D eigenvalue weighted by Crippen LogP contribution is -2.18. The van der Waals surface area contributed by atoms with Crippen molar-refractivity contribution in [1.82, 2.24) is 0 Å². The summed E-state index contributed by atoms with van der Waals surface area (Å²) in [5.74, 6) is -1.93. The summed E-state index contributed by atoms with van der Waals surface area (Å²) in [5, 5.41) is 0. The molecule has 2 aromatic rings. The summed E-state index contributed by atoms with van der Waals surface area (Å²) < 4.78 is 10.2. The summed E-state index contributed by atoms with van der Waals surface area (Å²) in [6, 6.07) is 8.51. The van der Waals surface area contributed by atoms with E-state index in [0.717, 1.165) is 0 Å². The van der Waals surface area contributed by atoms with Gasteiger partial charge in [0.25, 0.3) is 0 Å². The number of rotatable bonds is 6. The van der Waals surface area contributed by atoms with Crippen molar-refractivity contribution < 1.29 is 33.4 Å². The van der Waals surface area contributed by atoms with Crippen LogP contribution in [0.15, 0.2) is 36.4 Å². The average molecular weight is 382 g/mol. The third-order valence-corrected chi connectivity index (χ3v) is 3.90. The molecule has 2 rings (SSSR count). The maximum absolute atomic E-state index is 12.3. The molecule has 0 aliphatic carbocycles. The van der Waals surface area contributed by atoms with E-state index < -0.39 is 17.7 Å². The summed E-state index contributed by atoms with van der Waals surface area (Å²) in [7, 11) is 0. The Morgan fingerprint density at radius 2 is 0.929 bits per heavy atom. The molecule has 0 N–H and O–H groups in total. The van der Waals surface area contributed by atoms with Gasteiger partial charge in [-0.15, -0.1) is 0 Å². The van der Waals surface area contributed by atoms with Crippen molar-refractivity contribution >= 4 is 29.3 Å². The number of carbonyl (C=O) groups excluding carboxylic acids is 5. The van der Waals surface area contributed by atoms with Crippen LogP contribution in [0.4, 0.5) is 4.79 Å². The van der Waals surface area contributed by atoms with Gasteiger partial charge >= 0.3 is 6.16 Å². The van der Waals surface area contributed by atoms with Gasteiger partial charge in [-0.2, -0.15) is 0 Å². The molecule has 0 saturated heterocycles. The number of hydrogen-bond donors (Lipinski definition) is 0. The number of ether oxygens (including phenoxy) is 2. The molecule has 0 amide bonds. The molecule has 0 heterocycles. The van der Waals surface area contributed by atoms with Crippen molar-refractivity contribution in [1.29, 1.82) is 0 Å². The lowest BCUT2D eigenvalue weighted by atomic mass is 10.0. The number of benzene rings is 2. The molecule has 28 heavy (non-hydrogen) atoms. The van der Waals surface area contributed by atoms with Crippen LogP contribution in [0, 0.1) is 0 Å². The highest BCUT2D eigenvalue weighted by Crippen LogP contribution is 2.27. The molecule has 0 aliphatic heterocycles. The van der Waals surface area contributed by atoms with E-state index in [2.05, 4.69) is 0 Å². The molecule has 0 saturated carbocycles. The second-order valence-electron chi connectivity index (χ2n) is 6.04. The number of ketones is 4. The van der Waals surface area contributed by atoms with Crippen molar-refractivity contribution in [3.63, 3.8) is 0 Å². The van der Waals surface area contributed by atoms with E-state index in [-0.39, 0.29) is 45.3 Å². The Bertz CT molecular complexity index is 922. The molecule has 0 radical (unpaired) electrons. The van der Waals surface area contributed by atoms with Crippen LogP contribution in [0.25, 0.3) is 0 Å². The van der Waals surface area contributed by atoms with Gasteiger partial charge in [0.2, 0.25) is 0 Å². The van der Waals surface area contributed by atoms with Crippen molar-refractivity contribution in [2.45, 2.75) is 27.7 Å². The van der Waals surface area contributed by atoms with Crippen molar-refractivity contribution in [3.8, 4) is 11.5 Å². The number of carbonyl (C=O) groups is 5. The first-order valence-corrected chi connectivity index (χ1v) is 8.33. The average Bonchev–Trinajstić information content (AvgIpc) is 2.60. The van der Waals surface area contributed by atoms with E-state index in [1.54, 1.807) is 0 Å². The molecule has 0 aliphatic rings. The molecule has 0 aromatic heterocycles. The molecular formula is C21H18O7. The fourth-order valence-corrected chi connectivity index (χ4v) is 2.75. The Morgan fingerprint density at radius 3 is 1.21 bits per heavy atom. The van der Waals surface area contributed by atoms with Gasteiger partial charge < -0.3 is 9.47 Å². The summed E-state index contributed by atoms with van der Waals surface area (Å²) in [6.45, 7) is 5.06. The maximum atomic E-state index is 12.3. The second-order valence-corrected chi connectivity index (χ2v) is 6.04. The van der Waals surface area contributed by atoms with Crippen LogP contribution in [0.2, 0.25) is 0 Å². The quantitative estimate of drug-likeness (QED) is 0.421. The smallest absolute Gasteiger partial charge is 0.394 e. The summed E-state index contributed by atoms with van der Waals surface area (Å²) in [4.78, 5) is 59.6. The van der Waals surface area contributed by atoms with Crippen LogP contribution in [-0.4, -0.2) is 29.3 Å². The van der Waals surface area contributed by atoms with Gasteiger partial charge in [0.05, 0.1) is 11.1 Å². The highest BCUT2D eigenvalue weighted by atomic mass is 16.7. The number of hydrogen-bond acceptors (Lipinski definition) is 7. The normalized spacial score (nSPS) is 10.1. The highest BCUT2D eigenvalue weighted by Gasteiger charge is 2.22.